The first-order valence-corrected chi connectivity index (χ1v) is 5.53. The van der Waals surface area contributed by atoms with Crippen molar-refractivity contribution in [1.29, 1.82) is 0 Å². The van der Waals surface area contributed by atoms with Gasteiger partial charge in [-0.2, -0.15) is 0 Å². The third-order valence-corrected chi connectivity index (χ3v) is 2.59. The Morgan fingerprint density at radius 2 is 1.72 bits per heavy atom. The van der Waals surface area contributed by atoms with Crippen LogP contribution in [0.1, 0.15) is 15.9 Å². The molecular formula is C14H14N2O2. The lowest BCUT2D eigenvalue weighted by molar-refractivity contribution is 0.0996. The minimum Gasteiger partial charge on any atom is -0.488 e. The molecule has 0 fully saturated rings. The van der Waals surface area contributed by atoms with Crippen molar-refractivity contribution in [3.63, 3.8) is 0 Å². The molecule has 2 aromatic carbocycles. The molecule has 0 saturated heterocycles. The average molecular weight is 242 g/mol. The van der Waals surface area contributed by atoms with Gasteiger partial charge in [-0.25, -0.2) is 0 Å². The zero-order valence-corrected chi connectivity index (χ0v) is 9.80. The Morgan fingerprint density at radius 1 is 1.06 bits per heavy atom. The van der Waals surface area contributed by atoms with Crippen molar-refractivity contribution >= 4 is 11.6 Å². The van der Waals surface area contributed by atoms with Gasteiger partial charge in [-0.1, -0.05) is 30.3 Å². The van der Waals surface area contributed by atoms with Crippen molar-refractivity contribution in [2.24, 2.45) is 5.73 Å². The van der Waals surface area contributed by atoms with Gasteiger partial charge in [0.25, 0.3) is 5.91 Å². The van der Waals surface area contributed by atoms with Crippen LogP contribution in [0.25, 0.3) is 0 Å². The van der Waals surface area contributed by atoms with E-state index in [0.29, 0.717) is 23.6 Å². The summed E-state index contributed by atoms with van der Waals surface area (Å²) in [6.45, 7) is 0.303. The number of hydrogen-bond donors (Lipinski definition) is 2. The number of amides is 1. The lowest BCUT2D eigenvalue weighted by atomic mass is 10.2. The topological polar surface area (TPSA) is 78.3 Å². The number of nitrogens with two attached hydrogens (primary N) is 2. The molecule has 1 amide bonds. The minimum atomic E-state index is -0.508. The SMILES string of the molecule is NC(=O)c1ccccc1OCc1ccccc1N. The summed E-state index contributed by atoms with van der Waals surface area (Å²) in [6.07, 6.45) is 0. The molecule has 0 spiro atoms. The number of carbonyl (C=O) groups excluding carboxylic acids is 1. The number of benzene rings is 2. The molecule has 0 radical (unpaired) electrons. The molecule has 0 aliphatic rings. The van der Waals surface area contributed by atoms with Crippen LogP contribution in [0.5, 0.6) is 5.75 Å². The van der Waals surface area contributed by atoms with E-state index in [0.717, 1.165) is 5.56 Å². The van der Waals surface area contributed by atoms with Crippen molar-refractivity contribution < 1.29 is 9.53 Å². The maximum absolute atomic E-state index is 11.2. The number of rotatable bonds is 4. The van der Waals surface area contributed by atoms with Gasteiger partial charge in [-0.3, -0.25) is 4.79 Å². The summed E-state index contributed by atoms with van der Waals surface area (Å²) in [7, 11) is 0. The molecule has 0 aromatic heterocycles. The summed E-state index contributed by atoms with van der Waals surface area (Å²) >= 11 is 0. The van der Waals surface area contributed by atoms with Gasteiger partial charge in [-0.05, 0) is 18.2 Å². The van der Waals surface area contributed by atoms with Crippen LogP contribution in [0.15, 0.2) is 48.5 Å². The van der Waals surface area contributed by atoms with Gasteiger partial charge in [0.05, 0.1) is 5.56 Å². The zero-order chi connectivity index (χ0) is 13.0. The highest BCUT2D eigenvalue weighted by molar-refractivity contribution is 5.95. The van der Waals surface area contributed by atoms with Gasteiger partial charge in [-0.15, -0.1) is 0 Å². The lowest BCUT2D eigenvalue weighted by Crippen LogP contribution is -2.13. The Balaban J connectivity index is 2.16. The van der Waals surface area contributed by atoms with Gasteiger partial charge >= 0.3 is 0 Å². The Bertz CT molecular complexity index is 567. The molecule has 18 heavy (non-hydrogen) atoms. The van der Waals surface area contributed by atoms with E-state index in [2.05, 4.69) is 0 Å². The molecule has 0 bridgehead atoms. The van der Waals surface area contributed by atoms with Crippen LogP contribution in [-0.2, 0) is 6.61 Å². The monoisotopic (exact) mass is 242 g/mol. The number of hydrogen-bond acceptors (Lipinski definition) is 3. The van der Waals surface area contributed by atoms with Crippen molar-refractivity contribution in [2.75, 3.05) is 5.73 Å². The molecule has 4 N–H and O–H groups in total. The van der Waals surface area contributed by atoms with Crippen LogP contribution in [0.4, 0.5) is 5.69 Å². The zero-order valence-electron chi connectivity index (χ0n) is 9.80. The van der Waals surface area contributed by atoms with Crippen molar-refractivity contribution in [3.05, 3.63) is 59.7 Å². The highest BCUT2D eigenvalue weighted by Gasteiger charge is 2.08. The summed E-state index contributed by atoms with van der Waals surface area (Å²) < 4.78 is 5.58. The summed E-state index contributed by atoms with van der Waals surface area (Å²) in [6, 6.07) is 14.3. The van der Waals surface area contributed by atoms with Gasteiger partial charge in [0, 0.05) is 11.3 Å². The second-order valence-corrected chi connectivity index (χ2v) is 3.85. The van der Waals surface area contributed by atoms with E-state index in [1.165, 1.54) is 0 Å². The number of primary amides is 1. The average Bonchev–Trinajstić information content (AvgIpc) is 2.38. The maximum Gasteiger partial charge on any atom is 0.252 e. The third kappa shape index (κ3) is 2.60. The number of ether oxygens (including phenoxy) is 1. The molecule has 0 heterocycles. The maximum atomic E-state index is 11.2. The second-order valence-electron chi connectivity index (χ2n) is 3.85. The highest BCUT2D eigenvalue weighted by atomic mass is 16.5. The Hall–Kier alpha value is -2.49. The number of anilines is 1. The molecule has 0 unspecified atom stereocenters. The summed E-state index contributed by atoms with van der Waals surface area (Å²) in [5.74, 6) is -0.0418. The van der Waals surface area contributed by atoms with E-state index in [9.17, 15) is 4.79 Å². The van der Waals surface area contributed by atoms with E-state index in [1.807, 2.05) is 18.2 Å². The van der Waals surface area contributed by atoms with Crippen molar-refractivity contribution in [1.82, 2.24) is 0 Å². The molecule has 4 heteroatoms. The minimum absolute atomic E-state index is 0.303. The molecule has 0 aliphatic carbocycles. The van der Waals surface area contributed by atoms with Crippen LogP contribution in [0, 0.1) is 0 Å². The predicted molar refractivity (Wildman–Crippen MR) is 70.1 cm³/mol. The van der Waals surface area contributed by atoms with Crippen LogP contribution in [-0.4, -0.2) is 5.91 Å². The van der Waals surface area contributed by atoms with E-state index >= 15 is 0 Å². The predicted octanol–water partition coefficient (Wildman–Crippen LogP) is 1.95. The fourth-order valence-electron chi connectivity index (χ4n) is 1.62. The largest absolute Gasteiger partial charge is 0.488 e. The summed E-state index contributed by atoms with van der Waals surface area (Å²) in [4.78, 5) is 11.2. The highest BCUT2D eigenvalue weighted by Crippen LogP contribution is 2.20. The Kier molecular flexibility index (Phi) is 3.48. The fourth-order valence-corrected chi connectivity index (χ4v) is 1.62. The van der Waals surface area contributed by atoms with Gasteiger partial charge in [0.15, 0.2) is 0 Å². The number of nitrogen functional groups attached to an aromatic ring is 1. The molecule has 2 rings (SSSR count). The summed E-state index contributed by atoms with van der Waals surface area (Å²) in [5.41, 5.74) is 13.0. The molecule has 4 nitrogen and oxygen atoms in total. The van der Waals surface area contributed by atoms with E-state index in [1.54, 1.807) is 30.3 Å². The fraction of sp³-hybridized carbons (Fsp3) is 0.0714. The first kappa shape index (κ1) is 12.0. The van der Waals surface area contributed by atoms with Crippen LogP contribution in [0.3, 0.4) is 0 Å². The molecule has 0 atom stereocenters. The Morgan fingerprint density at radius 3 is 2.44 bits per heavy atom. The van der Waals surface area contributed by atoms with E-state index in [-0.39, 0.29) is 0 Å². The van der Waals surface area contributed by atoms with Gasteiger partial charge in [0.1, 0.15) is 12.4 Å². The van der Waals surface area contributed by atoms with Gasteiger partial charge in [0.2, 0.25) is 0 Å². The lowest BCUT2D eigenvalue weighted by Gasteiger charge is -2.10. The first-order valence-electron chi connectivity index (χ1n) is 5.53. The smallest absolute Gasteiger partial charge is 0.252 e. The molecule has 0 aliphatic heterocycles. The van der Waals surface area contributed by atoms with Crippen LogP contribution < -0.4 is 16.2 Å². The molecular weight excluding hydrogens is 228 g/mol. The van der Waals surface area contributed by atoms with Crippen LogP contribution >= 0.6 is 0 Å². The quantitative estimate of drug-likeness (QED) is 0.804. The van der Waals surface area contributed by atoms with E-state index in [4.69, 9.17) is 16.2 Å². The number of para-hydroxylation sites is 2. The Labute approximate surface area is 105 Å². The molecule has 0 saturated carbocycles. The van der Waals surface area contributed by atoms with Crippen molar-refractivity contribution in [2.45, 2.75) is 6.61 Å². The van der Waals surface area contributed by atoms with E-state index < -0.39 is 5.91 Å². The molecule has 2 aromatic rings. The molecule has 92 valence electrons. The normalized spacial score (nSPS) is 10.0. The standard InChI is InChI=1S/C14H14N2O2/c15-12-7-3-1-5-10(12)9-18-13-8-4-2-6-11(13)14(16)17/h1-8H,9,15H2,(H2,16,17). The second kappa shape index (κ2) is 5.23. The van der Waals surface area contributed by atoms with Crippen molar-refractivity contribution in [3.8, 4) is 5.75 Å². The number of carbonyl (C=O) groups is 1. The van der Waals surface area contributed by atoms with Crippen LogP contribution in [0.2, 0.25) is 0 Å². The van der Waals surface area contributed by atoms with Gasteiger partial charge < -0.3 is 16.2 Å². The first-order chi connectivity index (χ1) is 8.68. The summed E-state index contributed by atoms with van der Waals surface area (Å²) in [5, 5.41) is 0. The third-order valence-electron chi connectivity index (χ3n) is 2.59.